The number of para-hydroxylation sites is 2. The van der Waals surface area contributed by atoms with E-state index in [2.05, 4.69) is 140 Å². The van der Waals surface area contributed by atoms with E-state index in [0.717, 1.165) is 55.2 Å². The van der Waals surface area contributed by atoms with E-state index in [-0.39, 0.29) is 48.2 Å². The molecule has 0 saturated heterocycles. The standard InChI is InChI=1S/C78H69N4OSi.Pt/c1-76(2,3)56-27-21-25-54(47-56)66-38-24-39-67(55-26-22-28-57(48-55)77(4,5)6)75(66)81-53-80(73-52-65(42-44-71(73)81)84(62-31-13-10-14-32-62,63-33-15-11-16-34-63)64-35-17-12-18-36-64)59-29-23-30-60(50-59)83-61-41-43-69-68-37-19-20-40-70(68)82(72(69)51-61)74-49-58(45-46-79-74)78(7,8)9;/h10-49,52-53H,1-9H3;/q-1;/i10D,11D,12D,13D,14D,15D,16D,17D,18D,31D,32D,33D,34D,35D,36D;. The van der Waals surface area contributed by atoms with E-state index in [0.29, 0.717) is 39.5 Å². The fourth-order valence-corrected chi connectivity index (χ4v) is 15.2. The van der Waals surface area contributed by atoms with E-state index < -0.39 is 114 Å². The van der Waals surface area contributed by atoms with Gasteiger partial charge in [0.15, 0.2) is 19.1 Å². The van der Waals surface area contributed by atoms with Gasteiger partial charge in [-0.25, -0.2) is 9.55 Å². The number of benzene rings is 10. The van der Waals surface area contributed by atoms with Gasteiger partial charge in [0.05, 0.1) is 20.6 Å². The second kappa shape index (κ2) is 22.4. The zero-order chi connectivity index (χ0) is 71.0. The summed E-state index contributed by atoms with van der Waals surface area (Å²) in [5, 5.41) is 0.0377. The zero-order valence-corrected chi connectivity index (χ0v) is 51.9. The molecule has 0 radical (unpaired) electrons. The number of rotatable bonds is 11. The molecule has 0 unspecified atom stereocenters. The number of hydrogen-bond donors (Lipinski definition) is 0. The molecular weight excluding hydrogens is 1230 g/mol. The van der Waals surface area contributed by atoms with E-state index in [1.807, 2.05) is 76.3 Å². The maximum absolute atomic E-state index is 9.89. The van der Waals surface area contributed by atoms with Crippen LogP contribution in [0.3, 0.4) is 0 Å². The number of fused-ring (bicyclic) bond motifs is 4. The number of imidazole rings is 1. The monoisotopic (exact) mass is 1320 g/mol. The number of pyridine rings is 1. The molecule has 7 heteroatoms. The first-order valence-electron chi connectivity index (χ1n) is 35.5. The Hall–Kier alpha value is -8.67. The predicted molar refractivity (Wildman–Crippen MR) is 352 cm³/mol. The normalized spacial score (nSPS) is 14.7. The van der Waals surface area contributed by atoms with E-state index in [4.69, 9.17) is 13.8 Å². The van der Waals surface area contributed by atoms with Gasteiger partial charge in [-0.15, -0.1) is 29.7 Å². The van der Waals surface area contributed by atoms with Crippen molar-refractivity contribution in [3.63, 3.8) is 0 Å². The molecule has 0 atom stereocenters. The Morgan fingerprint density at radius 1 is 0.482 bits per heavy atom. The molecule has 0 saturated carbocycles. The second-order valence-electron chi connectivity index (χ2n) is 24.3. The largest absolute Gasteiger partial charge is 0.509 e. The molecule has 0 amide bonds. The molecule has 0 aliphatic carbocycles. The Bertz CT molecular complexity index is 5200. The van der Waals surface area contributed by atoms with Gasteiger partial charge in [0.2, 0.25) is 0 Å². The minimum Gasteiger partial charge on any atom is -0.509 e. The molecule has 3 aromatic heterocycles. The van der Waals surface area contributed by atoms with Crippen LogP contribution in [0.2, 0.25) is 0 Å². The van der Waals surface area contributed by atoms with Crippen molar-refractivity contribution in [1.29, 1.82) is 0 Å². The SMILES string of the molecule is [2H]c1c([2H])c([2H])c([Si](c2ccc3c(c2)n(-c2[c-]c(Oc4[c-]c5c(cc4)c4ccccc4n5-c4cc(C(C)(C)C)ccn4)ccc2)c[n+]3-c2c(-c3cccc(C(C)(C)C)c3)cccc2-c2cccc(C(C)(C)C)c2)(c2c([2H])c([2H])c([2H])c([2H])c2[2H])c2c([2H])c([2H])c([2H])c([2H])c2[2H])c([2H])c1[2H].[Pt]. The Kier molecular flexibility index (Phi) is 10.9. The first kappa shape index (κ1) is 41.4. The fraction of sp³-hybridized carbons (Fsp3) is 0.154. The molecular formula is C78H69N4OPtSi-. The maximum Gasteiger partial charge on any atom is 0.253 e. The van der Waals surface area contributed by atoms with Crippen LogP contribution in [0.5, 0.6) is 11.5 Å². The average molecular weight is 1320 g/mol. The summed E-state index contributed by atoms with van der Waals surface area (Å²) >= 11 is 0. The van der Waals surface area contributed by atoms with Crippen molar-refractivity contribution in [2.45, 2.75) is 78.6 Å². The molecule has 0 aliphatic heterocycles. The summed E-state index contributed by atoms with van der Waals surface area (Å²) in [6.45, 7) is 19.4. The summed E-state index contributed by atoms with van der Waals surface area (Å²) in [5.41, 5.74) is 9.48. The molecule has 3 heterocycles. The summed E-state index contributed by atoms with van der Waals surface area (Å²) in [7, 11) is -5.61. The first-order valence-corrected chi connectivity index (χ1v) is 30.0. The third-order valence-electron chi connectivity index (χ3n) is 15.8. The van der Waals surface area contributed by atoms with Gasteiger partial charge in [-0.3, -0.25) is 0 Å². The van der Waals surface area contributed by atoms with Crippen molar-refractivity contribution in [3.8, 4) is 50.9 Å². The summed E-state index contributed by atoms with van der Waals surface area (Å²) in [6, 6.07) is 43.4. The van der Waals surface area contributed by atoms with Crippen LogP contribution in [-0.4, -0.2) is 22.2 Å². The van der Waals surface area contributed by atoms with Crippen molar-refractivity contribution >= 4 is 61.7 Å². The third kappa shape index (κ3) is 10.5. The molecule has 0 spiro atoms. The first-order chi connectivity index (χ1) is 46.7. The number of aromatic nitrogens is 4. The number of ether oxygens (including phenoxy) is 1. The summed E-state index contributed by atoms with van der Waals surface area (Å²) < 4.78 is 154. The van der Waals surface area contributed by atoms with Gasteiger partial charge >= 0.3 is 0 Å². The molecule has 85 heavy (non-hydrogen) atoms. The quantitative estimate of drug-likeness (QED) is 0.0560. The molecule has 13 rings (SSSR count). The van der Waals surface area contributed by atoms with E-state index in [1.165, 1.54) is 0 Å². The smallest absolute Gasteiger partial charge is 0.253 e. The van der Waals surface area contributed by atoms with E-state index in [1.54, 1.807) is 36.4 Å². The van der Waals surface area contributed by atoms with E-state index in [9.17, 15) is 16.4 Å². The van der Waals surface area contributed by atoms with Gasteiger partial charge in [0, 0.05) is 61.1 Å². The van der Waals surface area contributed by atoms with Crippen molar-refractivity contribution in [2.24, 2.45) is 0 Å². The maximum atomic E-state index is 9.89. The van der Waals surface area contributed by atoms with Crippen LogP contribution in [0.1, 0.15) is 99.6 Å². The van der Waals surface area contributed by atoms with Gasteiger partial charge < -0.3 is 9.30 Å². The Balaban J connectivity index is 0.00000948. The van der Waals surface area contributed by atoms with Gasteiger partial charge in [-0.1, -0.05) is 256 Å². The van der Waals surface area contributed by atoms with Crippen LogP contribution in [0.25, 0.3) is 72.3 Å². The van der Waals surface area contributed by atoms with Gasteiger partial charge in [0.1, 0.15) is 11.5 Å². The number of hydrogen-bond acceptors (Lipinski definition) is 2. The van der Waals surface area contributed by atoms with Gasteiger partial charge in [-0.2, -0.15) is 16.7 Å². The van der Waals surface area contributed by atoms with Crippen LogP contribution in [0, 0.1) is 12.1 Å². The Labute approximate surface area is 537 Å². The number of nitrogens with zero attached hydrogens (tertiary/aromatic N) is 4. The zero-order valence-electron chi connectivity index (χ0n) is 63.6. The Morgan fingerprint density at radius 2 is 1.02 bits per heavy atom. The molecule has 422 valence electrons. The van der Waals surface area contributed by atoms with Gasteiger partial charge in [-0.05, 0) is 101 Å². The molecule has 0 bridgehead atoms. The molecule has 0 N–H and O–H groups in total. The molecule has 0 fully saturated rings. The van der Waals surface area contributed by atoms with Crippen LogP contribution in [-0.2, 0) is 37.3 Å². The molecule has 13 aromatic rings. The molecule has 0 aliphatic rings. The minimum atomic E-state index is -5.61. The summed E-state index contributed by atoms with van der Waals surface area (Å²) in [5.74, 6) is 1.30. The minimum absolute atomic E-state index is 0. The van der Waals surface area contributed by atoms with Crippen LogP contribution >= 0.6 is 0 Å². The van der Waals surface area contributed by atoms with Crippen molar-refractivity contribution < 1.29 is 50.9 Å². The predicted octanol–water partition coefficient (Wildman–Crippen LogP) is 16.4. The van der Waals surface area contributed by atoms with E-state index >= 15 is 0 Å². The molecule has 5 nitrogen and oxygen atoms in total. The van der Waals surface area contributed by atoms with Crippen LogP contribution in [0.15, 0.2) is 255 Å². The summed E-state index contributed by atoms with van der Waals surface area (Å²) in [4.78, 5) is 4.87. The van der Waals surface area contributed by atoms with Crippen LogP contribution < -0.4 is 30.1 Å². The van der Waals surface area contributed by atoms with Crippen molar-refractivity contribution in [1.82, 2.24) is 14.1 Å². The topological polar surface area (TPSA) is 35.9 Å². The van der Waals surface area contributed by atoms with Gasteiger partial charge in [0.25, 0.3) is 6.33 Å². The third-order valence-corrected chi connectivity index (χ3v) is 19.9. The van der Waals surface area contributed by atoms with Crippen LogP contribution in [0.4, 0.5) is 0 Å². The van der Waals surface area contributed by atoms with Crippen molar-refractivity contribution in [2.75, 3.05) is 0 Å². The van der Waals surface area contributed by atoms with Crippen molar-refractivity contribution in [3.05, 3.63) is 284 Å². The fourth-order valence-electron chi connectivity index (χ4n) is 11.4. The second-order valence-corrected chi connectivity index (χ2v) is 27.8. The summed E-state index contributed by atoms with van der Waals surface area (Å²) in [6.07, 6.45) is 3.68. The average Bonchev–Trinajstić information content (AvgIpc) is 0.709. The Morgan fingerprint density at radius 3 is 1.61 bits per heavy atom. The molecule has 10 aromatic carbocycles.